The van der Waals surface area contributed by atoms with E-state index in [-0.39, 0.29) is 0 Å². The lowest BCUT2D eigenvalue weighted by atomic mass is 10.1. The van der Waals surface area contributed by atoms with Crippen molar-refractivity contribution in [3.05, 3.63) is 48.5 Å². The third kappa shape index (κ3) is 3.89. The number of benzene rings is 1. The Morgan fingerprint density at radius 1 is 1.22 bits per heavy atom. The van der Waals surface area contributed by atoms with Crippen LogP contribution in [0.1, 0.15) is 12.0 Å². The highest BCUT2D eigenvalue weighted by molar-refractivity contribution is 5.27. The third-order valence-corrected chi connectivity index (χ3v) is 2.74. The number of hydrogen-bond donors (Lipinski definition) is 1. The molecule has 0 saturated heterocycles. The van der Waals surface area contributed by atoms with Gasteiger partial charge in [-0.2, -0.15) is 0 Å². The zero-order chi connectivity index (χ0) is 12.6. The van der Waals surface area contributed by atoms with Gasteiger partial charge in [-0.05, 0) is 37.1 Å². The lowest BCUT2D eigenvalue weighted by Gasteiger charge is -2.07. The van der Waals surface area contributed by atoms with E-state index in [9.17, 15) is 0 Å². The van der Waals surface area contributed by atoms with Crippen molar-refractivity contribution in [2.75, 3.05) is 13.2 Å². The van der Waals surface area contributed by atoms with Gasteiger partial charge in [0.15, 0.2) is 0 Å². The Morgan fingerprint density at radius 2 is 2.06 bits per heavy atom. The van der Waals surface area contributed by atoms with Crippen molar-refractivity contribution < 1.29 is 4.74 Å². The van der Waals surface area contributed by atoms with Gasteiger partial charge in [0.05, 0.1) is 12.9 Å². The van der Waals surface area contributed by atoms with Crippen molar-refractivity contribution in [2.24, 2.45) is 5.73 Å². The summed E-state index contributed by atoms with van der Waals surface area (Å²) < 4.78 is 7.72. The van der Waals surface area contributed by atoms with Crippen LogP contribution in [0.3, 0.4) is 0 Å². The van der Waals surface area contributed by atoms with Gasteiger partial charge in [-0.15, -0.1) is 0 Å². The van der Waals surface area contributed by atoms with Crippen molar-refractivity contribution in [3.63, 3.8) is 0 Å². The molecule has 18 heavy (non-hydrogen) atoms. The molecule has 0 saturated carbocycles. The molecule has 0 aliphatic carbocycles. The fourth-order valence-electron chi connectivity index (χ4n) is 1.78. The summed E-state index contributed by atoms with van der Waals surface area (Å²) in [5, 5.41) is 0. The van der Waals surface area contributed by atoms with Crippen LogP contribution < -0.4 is 10.5 Å². The largest absolute Gasteiger partial charge is 0.494 e. The van der Waals surface area contributed by atoms with Crippen molar-refractivity contribution in [1.82, 2.24) is 9.55 Å². The van der Waals surface area contributed by atoms with Gasteiger partial charge in [-0.3, -0.25) is 0 Å². The summed E-state index contributed by atoms with van der Waals surface area (Å²) in [6, 6.07) is 8.14. The van der Waals surface area contributed by atoms with E-state index in [1.807, 2.05) is 29.2 Å². The Balaban J connectivity index is 1.69. The van der Waals surface area contributed by atoms with Crippen LogP contribution in [0.5, 0.6) is 5.75 Å². The van der Waals surface area contributed by atoms with Crippen LogP contribution in [0.25, 0.3) is 0 Å². The lowest BCUT2D eigenvalue weighted by Crippen LogP contribution is -2.04. The van der Waals surface area contributed by atoms with Gasteiger partial charge in [0.1, 0.15) is 5.75 Å². The topological polar surface area (TPSA) is 53.1 Å². The fraction of sp³-hybridized carbons (Fsp3) is 0.357. The van der Waals surface area contributed by atoms with Gasteiger partial charge >= 0.3 is 0 Å². The van der Waals surface area contributed by atoms with E-state index in [4.69, 9.17) is 10.5 Å². The molecule has 1 aromatic heterocycles. The van der Waals surface area contributed by atoms with E-state index in [1.165, 1.54) is 5.56 Å². The number of imidazole rings is 1. The molecular formula is C14H19N3O. The molecule has 0 aliphatic rings. The number of nitrogens with two attached hydrogens (primary N) is 1. The summed E-state index contributed by atoms with van der Waals surface area (Å²) in [7, 11) is 0. The van der Waals surface area contributed by atoms with Crippen LogP contribution in [0.4, 0.5) is 0 Å². The van der Waals surface area contributed by atoms with E-state index in [2.05, 4.69) is 17.1 Å². The second-order valence-electron chi connectivity index (χ2n) is 4.19. The third-order valence-electron chi connectivity index (χ3n) is 2.74. The molecule has 2 aromatic rings. The Bertz CT molecular complexity index is 437. The molecule has 0 bridgehead atoms. The number of aromatic nitrogens is 2. The molecule has 0 atom stereocenters. The van der Waals surface area contributed by atoms with Gasteiger partial charge in [-0.1, -0.05) is 12.1 Å². The standard InChI is InChI=1S/C14H19N3O/c15-7-6-13-2-4-14(5-3-13)18-11-1-9-17-10-8-16-12-17/h2-5,8,10,12H,1,6-7,9,11,15H2. The Labute approximate surface area is 107 Å². The highest BCUT2D eigenvalue weighted by Crippen LogP contribution is 2.12. The predicted octanol–water partition coefficient (Wildman–Crippen LogP) is 1.85. The first kappa shape index (κ1) is 12.6. The number of nitrogens with zero attached hydrogens (tertiary/aromatic N) is 2. The molecule has 2 rings (SSSR count). The summed E-state index contributed by atoms with van der Waals surface area (Å²) in [5.41, 5.74) is 6.76. The monoisotopic (exact) mass is 245 g/mol. The predicted molar refractivity (Wildman–Crippen MR) is 71.5 cm³/mol. The molecule has 0 aliphatic heterocycles. The summed E-state index contributed by atoms with van der Waals surface area (Å²) in [6.07, 6.45) is 7.46. The zero-order valence-corrected chi connectivity index (χ0v) is 10.5. The Kier molecular flexibility index (Phi) is 4.78. The number of rotatable bonds is 7. The average molecular weight is 245 g/mol. The summed E-state index contributed by atoms with van der Waals surface area (Å²) in [6.45, 7) is 2.34. The molecular weight excluding hydrogens is 226 g/mol. The highest BCUT2D eigenvalue weighted by atomic mass is 16.5. The molecule has 1 aromatic carbocycles. The normalized spacial score (nSPS) is 10.5. The van der Waals surface area contributed by atoms with Crippen molar-refractivity contribution in [3.8, 4) is 5.75 Å². The van der Waals surface area contributed by atoms with Crippen LogP contribution in [-0.2, 0) is 13.0 Å². The van der Waals surface area contributed by atoms with E-state index >= 15 is 0 Å². The molecule has 0 amide bonds. The fourth-order valence-corrected chi connectivity index (χ4v) is 1.78. The molecule has 4 heteroatoms. The quantitative estimate of drug-likeness (QED) is 0.757. The average Bonchev–Trinajstić information content (AvgIpc) is 2.90. The molecule has 4 nitrogen and oxygen atoms in total. The number of aryl methyl sites for hydroxylation is 1. The molecule has 2 N–H and O–H groups in total. The number of ether oxygens (including phenoxy) is 1. The minimum absolute atomic E-state index is 0.686. The molecule has 0 spiro atoms. The van der Waals surface area contributed by atoms with Crippen LogP contribution in [0, 0.1) is 0 Å². The first-order valence-electron chi connectivity index (χ1n) is 6.26. The highest BCUT2D eigenvalue weighted by Gasteiger charge is 1.96. The van der Waals surface area contributed by atoms with Gasteiger partial charge in [0.25, 0.3) is 0 Å². The SMILES string of the molecule is NCCc1ccc(OCCCn2ccnc2)cc1. The Hall–Kier alpha value is -1.81. The van der Waals surface area contributed by atoms with Crippen LogP contribution in [0.2, 0.25) is 0 Å². The minimum atomic E-state index is 0.686. The van der Waals surface area contributed by atoms with Gasteiger partial charge in [0, 0.05) is 18.9 Å². The van der Waals surface area contributed by atoms with Gasteiger partial charge < -0.3 is 15.0 Å². The van der Waals surface area contributed by atoms with Crippen LogP contribution in [0.15, 0.2) is 43.0 Å². The first-order chi connectivity index (χ1) is 8.88. The van der Waals surface area contributed by atoms with Crippen LogP contribution >= 0.6 is 0 Å². The van der Waals surface area contributed by atoms with Gasteiger partial charge in [0.2, 0.25) is 0 Å². The second kappa shape index (κ2) is 6.81. The summed E-state index contributed by atoms with van der Waals surface area (Å²) >= 11 is 0. The molecule has 96 valence electrons. The maximum atomic E-state index is 5.67. The van der Waals surface area contributed by atoms with E-state index in [0.717, 1.165) is 25.1 Å². The van der Waals surface area contributed by atoms with Crippen molar-refractivity contribution >= 4 is 0 Å². The molecule has 0 radical (unpaired) electrons. The second-order valence-corrected chi connectivity index (χ2v) is 4.19. The lowest BCUT2D eigenvalue weighted by molar-refractivity contribution is 0.301. The molecule has 1 heterocycles. The van der Waals surface area contributed by atoms with Crippen LogP contribution in [-0.4, -0.2) is 22.7 Å². The zero-order valence-electron chi connectivity index (χ0n) is 10.5. The Morgan fingerprint density at radius 3 is 2.72 bits per heavy atom. The minimum Gasteiger partial charge on any atom is -0.494 e. The van der Waals surface area contributed by atoms with E-state index in [1.54, 1.807) is 6.20 Å². The van der Waals surface area contributed by atoms with Crippen molar-refractivity contribution in [2.45, 2.75) is 19.4 Å². The molecule has 0 fully saturated rings. The molecule has 0 unspecified atom stereocenters. The number of hydrogen-bond acceptors (Lipinski definition) is 3. The van der Waals surface area contributed by atoms with E-state index < -0.39 is 0 Å². The van der Waals surface area contributed by atoms with Gasteiger partial charge in [-0.25, -0.2) is 4.98 Å². The first-order valence-corrected chi connectivity index (χ1v) is 6.26. The summed E-state index contributed by atoms with van der Waals surface area (Å²) in [5.74, 6) is 0.918. The van der Waals surface area contributed by atoms with E-state index in [0.29, 0.717) is 13.2 Å². The maximum Gasteiger partial charge on any atom is 0.119 e. The summed E-state index contributed by atoms with van der Waals surface area (Å²) in [4.78, 5) is 4.00. The van der Waals surface area contributed by atoms with Crippen molar-refractivity contribution in [1.29, 1.82) is 0 Å². The maximum absolute atomic E-state index is 5.67. The smallest absolute Gasteiger partial charge is 0.119 e.